The number of hydrogen-bond acceptors (Lipinski definition) is 15. The van der Waals surface area contributed by atoms with Gasteiger partial charge in [-0.2, -0.15) is 0 Å². The molecular formula is C113H139N5O18. The molecule has 4 fully saturated rings. The van der Waals surface area contributed by atoms with Gasteiger partial charge in [-0.05, 0) is 279 Å². The number of nitrogens with zero attached hydrogens (tertiary/aromatic N) is 5. The van der Waals surface area contributed by atoms with Crippen LogP contribution < -0.4 is 23.8 Å². The number of carbonyl (C=O) groups excluding carboxylic acids is 4. The number of hydrogen-bond donors (Lipinski definition) is 4. The van der Waals surface area contributed by atoms with Crippen molar-refractivity contribution in [3.63, 3.8) is 0 Å². The molecule has 0 atom stereocenters. The highest BCUT2D eigenvalue weighted by atomic mass is 16.5. The van der Waals surface area contributed by atoms with Gasteiger partial charge in [0.05, 0.1) is 75.7 Å². The lowest BCUT2D eigenvalue weighted by Gasteiger charge is -2.28. The van der Waals surface area contributed by atoms with Crippen molar-refractivity contribution >= 4 is 53.2 Å². The van der Waals surface area contributed by atoms with Gasteiger partial charge >= 0.3 is 23.9 Å². The maximum Gasteiger partial charge on any atom is 0.303 e. The van der Waals surface area contributed by atoms with Crippen LogP contribution in [0.5, 0.6) is 23.0 Å². The predicted molar refractivity (Wildman–Crippen MR) is 531 cm³/mol. The summed E-state index contributed by atoms with van der Waals surface area (Å²) in [6.45, 7) is 13.2. The molecule has 724 valence electrons. The van der Waals surface area contributed by atoms with E-state index in [1.165, 1.54) is 41.4 Å². The first-order valence-electron chi connectivity index (χ1n) is 51.6. The second-order valence-electron chi connectivity index (χ2n) is 34.8. The number of ether oxygens (including phenoxy) is 6. The van der Waals surface area contributed by atoms with Gasteiger partial charge in [0.1, 0.15) is 23.0 Å². The third kappa shape index (κ3) is 37.4. The second kappa shape index (κ2) is 58.4. The highest BCUT2D eigenvalue weighted by molar-refractivity contribution is 5.97. The van der Waals surface area contributed by atoms with E-state index in [0.717, 1.165) is 84.5 Å². The molecule has 136 heavy (non-hydrogen) atoms. The summed E-state index contributed by atoms with van der Waals surface area (Å²) < 4.78 is 105. The molecule has 4 N–H and O–H groups in total. The monoisotopic (exact) mass is 1860 g/mol. The molecule has 0 radical (unpaired) electrons. The summed E-state index contributed by atoms with van der Waals surface area (Å²) in [5.41, 5.74) is 6.64. The number of benzene rings is 8. The van der Waals surface area contributed by atoms with E-state index in [1.54, 1.807) is 175 Å². The standard InChI is InChI=1S/C30H37NO4.2C28H33NO5.C27H36N2O4/c1-23(2)31(22-27-12-7-8-13-28(27)35-21-9-3-4-14-29(32)33)30(34)26-19-17-25(18-20-26)16-15-24-10-5-6-11-24;2*1-21(2)29(28(32)24-15-13-22(14-16-24)11-12-23-19-33-20-23)18-25-8-5-6-9-26(25)34-17-7-3-4-10-27(30)31;1-21(2)29(27(32)22-13-15-24(16-14-22)28-17-7-8-18-28)20-23-10-5-6-11-25(23)33-19-9-3-4-12-26(30)31/h7-8,12-13,17-20,23-24H,3-6,9-11,14,21-22H2,1-2H3,(H,32,33);2*5-6,8-9,13-16,21,23H,3-4,7,10,17-20H2,1-2H3,(H,30,31);5-6,10-11,13-16,21H,3-4,7-9,12,17-20H2,1-2H3,(H,30,31)/i22D2;21D;18D2;20D2,21D. The van der Waals surface area contributed by atoms with Crippen LogP contribution in [-0.4, -0.2) is 178 Å². The summed E-state index contributed by atoms with van der Waals surface area (Å²) in [4.78, 5) is 104. The Kier molecular flexibility index (Phi) is 40.8. The number of amides is 4. The number of carbonyl (C=O) groups is 8. The average Bonchev–Trinajstić information content (AvgIpc) is 0.798. The van der Waals surface area contributed by atoms with Gasteiger partial charge in [-0.3, -0.25) is 38.4 Å². The number of rotatable bonds is 45. The quantitative estimate of drug-likeness (QED) is 0.0204. The average molecular weight is 1860 g/mol. The Morgan fingerprint density at radius 2 is 0.632 bits per heavy atom. The number of aliphatic carboxylic acids is 4. The van der Waals surface area contributed by atoms with Crippen molar-refractivity contribution in [2.24, 2.45) is 17.8 Å². The van der Waals surface area contributed by atoms with Gasteiger partial charge in [-0.1, -0.05) is 121 Å². The minimum absolute atomic E-state index is 0.105. The van der Waals surface area contributed by atoms with E-state index in [1.807, 2.05) is 60.7 Å². The van der Waals surface area contributed by atoms with Crippen LogP contribution in [0, 0.1) is 53.3 Å². The van der Waals surface area contributed by atoms with Gasteiger partial charge in [0.25, 0.3) is 23.6 Å². The summed E-state index contributed by atoms with van der Waals surface area (Å²) in [5, 5.41) is 35.0. The summed E-state index contributed by atoms with van der Waals surface area (Å²) in [6.07, 6.45) is 15.4. The number of anilines is 1. The minimum Gasteiger partial charge on any atom is -0.493 e. The first kappa shape index (κ1) is 94.9. The summed E-state index contributed by atoms with van der Waals surface area (Å²) in [5.74, 6) is 16.9. The van der Waals surface area contributed by atoms with Gasteiger partial charge in [0.15, 0.2) is 0 Å². The molecule has 1 aliphatic carbocycles. The van der Waals surface area contributed by atoms with Crippen LogP contribution in [0.3, 0.4) is 0 Å². The Labute approximate surface area is 816 Å². The van der Waals surface area contributed by atoms with E-state index in [4.69, 9.17) is 59.8 Å². The highest BCUT2D eigenvalue weighted by Crippen LogP contribution is 2.31. The maximum atomic E-state index is 13.6. The van der Waals surface area contributed by atoms with Crippen LogP contribution >= 0.6 is 0 Å². The molecule has 0 aromatic heterocycles. The van der Waals surface area contributed by atoms with Crippen molar-refractivity contribution in [3.8, 4) is 58.5 Å². The van der Waals surface area contributed by atoms with Crippen molar-refractivity contribution in [3.05, 3.63) is 255 Å². The molecule has 3 heterocycles. The third-order valence-electron chi connectivity index (χ3n) is 22.6. The van der Waals surface area contributed by atoms with Gasteiger partial charge in [-0.25, -0.2) is 0 Å². The summed E-state index contributed by atoms with van der Waals surface area (Å²) in [6, 6.07) is 52.5. The molecule has 0 spiro atoms. The zero-order chi connectivity index (χ0) is 105. The number of carboxylic acids is 4. The van der Waals surface area contributed by atoms with E-state index in [-0.39, 0.29) is 66.7 Å². The van der Waals surface area contributed by atoms with E-state index < -0.39 is 85.2 Å². The minimum atomic E-state index is -2.32. The molecule has 1 saturated carbocycles. The van der Waals surface area contributed by atoms with Crippen LogP contribution in [0.1, 0.15) is 288 Å². The third-order valence-corrected chi connectivity index (χ3v) is 22.6. The van der Waals surface area contributed by atoms with E-state index in [0.29, 0.717) is 168 Å². The van der Waals surface area contributed by atoms with Crippen molar-refractivity contribution < 1.29 is 98.2 Å². The zero-order valence-electron chi connectivity index (χ0n) is 87.9. The molecule has 23 nitrogen and oxygen atoms in total. The normalized spacial score (nSPS) is 14.5. The lowest BCUT2D eigenvalue weighted by molar-refractivity contribution is -0.138. The fourth-order valence-electron chi connectivity index (χ4n) is 14.7. The maximum absolute atomic E-state index is 13.6. The zero-order valence-corrected chi connectivity index (χ0v) is 79.9. The Bertz CT molecular complexity index is 5700. The number of para-hydroxylation sites is 4. The van der Waals surface area contributed by atoms with Gasteiger partial charge < -0.3 is 73.3 Å². The number of unbranched alkanes of at least 4 members (excludes halogenated alkanes) is 8. The lowest BCUT2D eigenvalue weighted by atomic mass is 10.1. The summed E-state index contributed by atoms with van der Waals surface area (Å²) in [7, 11) is 0. The van der Waals surface area contributed by atoms with E-state index in [2.05, 4.69) is 40.4 Å². The van der Waals surface area contributed by atoms with Gasteiger partial charge in [0.2, 0.25) is 0 Å². The molecule has 12 rings (SSSR count). The first-order valence-corrected chi connectivity index (χ1v) is 47.6. The van der Waals surface area contributed by atoms with Gasteiger partial charge in [0, 0.05) is 162 Å². The van der Waals surface area contributed by atoms with Crippen LogP contribution in [-0.2, 0) is 54.7 Å². The lowest BCUT2D eigenvalue weighted by Crippen LogP contribution is -2.36. The van der Waals surface area contributed by atoms with E-state index in [9.17, 15) is 38.4 Å². The van der Waals surface area contributed by atoms with E-state index >= 15 is 0 Å². The molecule has 3 saturated heterocycles. The molecule has 23 heteroatoms. The number of carboxylic acid groups (broad SMARTS) is 4. The van der Waals surface area contributed by atoms with Crippen LogP contribution in [0.25, 0.3) is 0 Å². The highest BCUT2D eigenvalue weighted by Gasteiger charge is 2.28. The van der Waals surface area contributed by atoms with Crippen molar-refractivity contribution in [1.82, 2.24) is 19.6 Å². The molecule has 8 aromatic rings. The van der Waals surface area contributed by atoms with Crippen LogP contribution in [0.15, 0.2) is 194 Å². The molecule has 4 aliphatic rings. The fraction of sp³-hybridized carbons (Fsp3) is 0.451. The van der Waals surface area contributed by atoms with Crippen LogP contribution in [0.2, 0.25) is 0 Å². The molecule has 0 bridgehead atoms. The summed E-state index contributed by atoms with van der Waals surface area (Å²) >= 11 is 0. The largest absolute Gasteiger partial charge is 0.493 e. The molecule has 3 aliphatic heterocycles. The first-order chi connectivity index (χ1) is 68.6. The van der Waals surface area contributed by atoms with Crippen LogP contribution in [0.4, 0.5) is 5.69 Å². The molecular weight excluding hydrogens is 1720 g/mol. The Morgan fingerprint density at radius 3 is 0.934 bits per heavy atom. The molecule has 0 unspecified atom stereocenters. The Hall–Kier alpha value is -12.9. The Morgan fingerprint density at radius 1 is 0.353 bits per heavy atom. The van der Waals surface area contributed by atoms with Crippen molar-refractivity contribution in [2.45, 2.75) is 247 Å². The second-order valence-corrected chi connectivity index (χ2v) is 34.8. The smallest absolute Gasteiger partial charge is 0.303 e. The fourth-order valence-corrected chi connectivity index (χ4v) is 14.7. The SMILES string of the molecule is [2H]C(C)(C)N(C(=O)c1ccc(N2CCCC2)cc1)C([2H])([2H])c1ccccc1OCCCCCC(=O)O.[2H]C(C)(C)N(Cc1ccccc1OCCCCCC(=O)O)C(=O)c1ccc(C#CC2COC2)cc1.[2H]C([2H])(c1ccccc1OCCCCCC(=O)O)N(C(=O)c1ccc(C#CC2CCCC2)cc1)C(C)C.[2H]C([2H])(c1ccccc1OCCCCCC(=O)O)N(C(=O)c1ccc(C#CC2COC2)cc1)C(C)C. The van der Waals surface area contributed by atoms with Crippen molar-refractivity contribution in [1.29, 1.82) is 0 Å². The van der Waals surface area contributed by atoms with Gasteiger partial charge in [-0.15, -0.1) is 0 Å². The molecule has 4 amide bonds. The molecule has 8 aromatic carbocycles. The predicted octanol–water partition coefficient (Wildman–Crippen LogP) is 21.2. The topological polar surface area (TPSA) is 289 Å². The Balaban J connectivity index is 0.000000214. The van der Waals surface area contributed by atoms with Crippen molar-refractivity contribution in [2.75, 3.05) is 70.8 Å².